The van der Waals surface area contributed by atoms with Crippen molar-refractivity contribution in [3.05, 3.63) is 35.0 Å². The predicted molar refractivity (Wildman–Crippen MR) is 148 cm³/mol. The number of allylic oxidation sites excluding steroid dienone is 2. The van der Waals surface area contributed by atoms with Crippen molar-refractivity contribution in [2.24, 2.45) is 46.5 Å². The van der Waals surface area contributed by atoms with Crippen LogP contribution in [-0.2, 0) is 29.1 Å². The average molecular weight is 532 g/mol. The number of ketones is 1. The van der Waals surface area contributed by atoms with Gasteiger partial charge in [-0.2, -0.15) is 4.80 Å². The number of carbonyl (C=O) groups excluding carboxylic acids is 1. The Morgan fingerprint density at radius 3 is 2.46 bits per heavy atom. The van der Waals surface area contributed by atoms with Crippen LogP contribution in [0.3, 0.4) is 0 Å². The third-order valence-electron chi connectivity index (χ3n) is 13.3. The maximum atomic E-state index is 14.7. The molecule has 0 N–H and O–H groups in total. The van der Waals surface area contributed by atoms with Crippen LogP contribution in [0.1, 0.15) is 111 Å². The van der Waals surface area contributed by atoms with Crippen LogP contribution in [0.2, 0.25) is 0 Å². The molecule has 2 heterocycles. The molecule has 5 aliphatic rings. The highest BCUT2D eigenvalue weighted by atomic mass is 16.5. The van der Waals surface area contributed by atoms with Gasteiger partial charge in [0.25, 0.3) is 0 Å². The predicted octanol–water partition coefficient (Wildman–Crippen LogP) is 6.14. The molecule has 7 atom stereocenters. The zero-order valence-corrected chi connectivity index (χ0v) is 25.1. The van der Waals surface area contributed by atoms with Crippen LogP contribution in [0, 0.1) is 39.4 Å². The van der Waals surface area contributed by atoms with E-state index in [-0.39, 0.29) is 44.3 Å². The quantitative estimate of drug-likeness (QED) is 0.439. The van der Waals surface area contributed by atoms with Crippen molar-refractivity contribution in [1.29, 1.82) is 0 Å². The number of aromatic nitrogens is 5. The van der Waals surface area contributed by atoms with Crippen molar-refractivity contribution in [3.63, 3.8) is 0 Å². The van der Waals surface area contributed by atoms with E-state index in [1.807, 2.05) is 13.2 Å². The molecule has 3 fully saturated rings. The standard InChI is InChI=1S/C32H45N5O2/c1-27(2)11-13-32(26-34-36-37(8)35-26)14-12-31(7)24(20(32)17-27)21(38)15-23-29(5)16-19-18-33-39-25(19)28(3,4)22(29)9-10-30(23,31)6/h15,18,20,22,24H,9-14,16-17H2,1-8H3/t20-,22-,24-,29-,30+,31+,32-/m0/s1. The Bertz CT molecular complexity index is 1400. The molecule has 0 radical (unpaired) electrons. The Balaban J connectivity index is 1.39. The molecule has 0 saturated heterocycles. The van der Waals surface area contributed by atoms with Gasteiger partial charge < -0.3 is 4.52 Å². The van der Waals surface area contributed by atoms with Gasteiger partial charge in [0.05, 0.1) is 13.2 Å². The van der Waals surface area contributed by atoms with Crippen molar-refractivity contribution in [3.8, 4) is 0 Å². The summed E-state index contributed by atoms with van der Waals surface area (Å²) >= 11 is 0. The summed E-state index contributed by atoms with van der Waals surface area (Å²) in [6, 6.07) is 0. The Morgan fingerprint density at radius 2 is 1.74 bits per heavy atom. The molecule has 0 aromatic carbocycles. The molecule has 2 aromatic heterocycles. The molecule has 7 rings (SSSR count). The maximum absolute atomic E-state index is 14.7. The number of aryl methyl sites for hydroxylation is 1. The van der Waals surface area contributed by atoms with Gasteiger partial charge in [-0.3, -0.25) is 4.79 Å². The summed E-state index contributed by atoms with van der Waals surface area (Å²) < 4.78 is 5.83. The van der Waals surface area contributed by atoms with Gasteiger partial charge in [0.2, 0.25) is 0 Å². The first-order valence-corrected chi connectivity index (χ1v) is 15.1. The Kier molecular flexibility index (Phi) is 4.93. The smallest absolute Gasteiger partial charge is 0.181 e. The number of rotatable bonds is 1. The van der Waals surface area contributed by atoms with E-state index in [1.165, 1.54) is 11.1 Å². The normalized spacial score (nSPS) is 43.8. The van der Waals surface area contributed by atoms with Gasteiger partial charge in [-0.15, -0.1) is 10.2 Å². The second-order valence-corrected chi connectivity index (χ2v) is 16.0. The summed E-state index contributed by atoms with van der Waals surface area (Å²) in [7, 11) is 1.86. The van der Waals surface area contributed by atoms with Crippen LogP contribution in [-0.4, -0.2) is 31.1 Å². The summed E-state index contributed by atoms with van der Waals surface area (Å²) in [6.07, 6.45) is 12.5. The first kappa shape index (κ1) is 25.6. The minimum atomic E-state index is -0.170. The van der Waals surface area contributed by atoms with Crippen molar-refractivity contribution in [2.75, 3.05) is 0 Å². The lowest BCUT2D eigenvalue weighted by molar-refractivity contribution is -0.160. The van der Waals surface area contributed by atoms with Gasteiger partial charge >= 0.3 is 0 Å². The molecule has 7 nitrogen and oxygen atoms in total. The minimum Gasteiger partial charge on any atom is -0.361 e. The van der Waals surface area contributed by atoms with Gasteiger partial charge in [0.15, 0.2) is 11.6 Å². The summed E-state index contributed by atoms with van der Waals surface area (Å²) in [5.41, 5.74) is 2.29. The molecule has 5 aliphatic carbocycles. The minimum absolute atomic E-state index is 0.0220. The molecule has 210 valence electrons. The Morgan fingerprint density at radius 1 is 1.00 bits per heavy atom. The molecule has 0 aliphatic heterocycles. The molecular formula is C32H45N5O2. The summed E-state index contributed by atoms with van der Waals surface area (Å²) in [5, 5.41) is 17.9. The zero-order valence-electron chi connectivity index (χ0n) is 25.1. The lowest BCUT2D eigenvalue weighted by atomic mass is 9.34. The second kappa shape index (κ2) is 7.50. The summed E-state index contributed by atoms with van der Waals surface area (Å²) in [4.78, 5) is 16.3. The SMILES string of the molecule is Cn1nnc([C@]23CCC(C)(C)C[C@H]2[C@H]2C(=O)C=C4[C@@]5(C)Cc6cnoc6C(C)(C)[C@@H]5CC[C@@]4(C)[C@]2(C)CC3)n1. The van der Waals surface area contributed by atoms with Crippen LogP contribution in [0.4, 0.5) is 0 Å². The molecule has 7 heteroatoms. The van der Waals surface area contributed by atoms with Crippen LogP contribution in [0.25, 0.3) is 0 Å². The number of carbonyl (C=O) groups is 1. The van der Waals surface area contributed by atoms with Crippen molar-refractivity contribution >= 4 is 5.78 Å². The third-order valence-corrected chi connectivity index (χ3v) is 13.3. The van der Waals surface area contributed by atoms with Crippen molar-refractivity contribution < 1.29 is 9.32 Å². The van der Waals surface area contributed by atoms with Gasteiger partial charge in [-0.05, 0) is 96.2 Å². The van der Waals surface area contributed by atoms with Crippen LogP contribution in [0.15, 0.2) is 22.4 Å². The molecular weight excluding hydrogens is 486 g/mol. The van der Waals surface area contributed by atoms with Crippen LogP contribution >= 0.6 is 0 Å². The lowest BCUT2D eigenvalue weighted by Crippen LogP contribution is -2.66. The van der Waals surface area contributed by atoms with E-state index in [9.17, 15) is 4.79 Å². The average Bonchev–Trinajstić information content (AvgIpc) is 3.50. The number of hydrogen-bond acceptors (Lipinski definition) is 6. The maximum Gasteiger partial charge on any atom is 0.181 e. The topological polar surface area (TPSA) is 86.7 Å². The molecule has 0 spiro atoms. The molecule has 0 unspecified atom stereocenters. The van der Waals surface area contributed by atoms with E-state index in [4.69, 9.17) is 9.62 Å². The van der Waals surface area contributed by atoms with Crippen molar-refractivity contribution in [2.45, 2.75) is 111 Å². The van der Waals surface area contributed by atoms with Gasteiger partial charge in [-0.25, -0.2) is 0 Å². The number of nitrogens with zero attached hydrogens (tertiary/aromatic N) is 5. The molecule has 3 saturated carbocycles. The largest absolute Gasteiger partial charge is 0.361 e. The highest BCUT2D eigenvalue weighted by molar-refractivity contribution is 5.95. The van der Waals surface area contributed by atoms with E-state index in [2.05, 4.69) is 70.0 Å². The second-order valence-electron chi connectivity index (χ2n) is 16.0. The number of tetrazole rings is 1. The van der Waals surface area contributed by atoms with Gasteiger partial charge in [0, 0.05) is 22.3 Å². The first-order valence-electron chi connectivity index (χ1n) is 15.1. The summed E-state index contributed by atoms with van der Waals surface area (Å²) in [6.45, 7) is 16.8. The van der Waals surface area contributed by atoms with Crippen molar-refractivity contribution in [1.82, 2.24) is 25.4 Å². The lowest BCUT2D eigenvalue weighted by Gasteiger charge is -2.69. The molecule has 0 bridgehead atoms. The Labute approximate surface area is 232 Å². The molecule has 0 amide bonds. The first-order chi connectivity index (χ1) is 18.2. The van der Waals surface area contributed by atoms with E-state index >= 15 is 0 Å². The Hall–Kier alpha value is -2.31. The zero-order chi connectivity index (χ0) is 27.8. The van der Waals surface area contributed by atoms with E-state index in [0.717, 1.165) is 63.0 Å². The monoisotopic (exact) mass is 531 g/mol. The summed E-state index contributed by atoms with van der Waals surface area (Å²) in [5.74, 6) is 2.87. The fourth-order valence-electron chi connectivity index (χ4n) is 11.2. The van der Waals surface area contributed by atoms with E-state index < -0.39 is 0 Å². The molecule has 2 aromatic rings. The number of hydrogen-bond donors (Lipinski definition) is 0. The molecule has 39 heavy (non-hydrogen) atoms. The van der Waals surface area contributed by atoms with Crippen LogP contribution in [0.5, 0.6) is 0 Å². The van der Waals surface area contributed by atoms with Crippen LogP contribution < -0.4 is 0 Å². The fourth-order valence-corrected chi connectivity index (χ4v) is 11.2. The highest BCUT2D eigenvalue weighted by Crippen LogP contribution is 2.74. The number of fused-ring (bicyclic) bond motifs is 8. The highest BCUT2D eigenvalue weighted by Gasteiger charge is 2.70. The third kappa shape index (κ3) is 3.03. The van der Waals surface area contributed by atoms with E-state index in [0.29, 0.717) is 11.7 Å². The van der Waals surface area contributed by atoms with E-state index in [1.54, 1.807) is 4.80 Å². The van der Waals surface area contributed by atoms with Gasteiger partial charge in [0.1, 0.15) is 5.76 Å². The fraction of sp³-hybridized carbons (Fsp3) is 0.781. The van der Waals surface area contributed by atoms with Gasteiger partial charge in [-0.1, -0.05) is 59.2 Å².